The normalized spacial score (nSPS) is 27.5. The number of carbonyl (C=O) groups excluding carboxylic acids is 1. The summed E-state index contributed by atoms with van der Waals surface area (Å²) < 4.78 is 45.0. The topological polar surface area (TPSA) is 67.4 Å². The summed E-state index contributed by atoms with van der Waals surface area (Å²) in [4.78, 5) is 22.6. The van der Waals surface area contributed by atoms with Crippen molar-refractivity contribution in [2.24, 2.45) is 5.92 Å². The van der Waals surface area contributed by atoms with E-state index in [0.717, 1.165) is 25.0 Å². The van der Waals surface area contributed by atoms with Crippen LogP contribution in [0.3, 0.4) is 0 Å². The minimum absolute atomic E-state index is 0.0568. The second-order valence-corrected chi connectivity index (χ2v) is 7.91. The Labute approximate surface area is 162 Å². The number of aromatic nitrogens is 2. The number of nitrogens with one attached hydrogen (secondary N) is 1. The van der Waals surface area contributed by atoms with Crippen molar-refractivity contribution in [1.29, 1.82) is 0 Å². The molecule has 2 aliphatic rings. The van der Waals surface area contributed by atoms with Crippen molar-refractivity contribution in [2.75, 3.05) is 26.2 Å². The first kappa shape index (κ1) is 21.0. The van der Waals surface area contributed by atoms with Gasteiger partial charge in [-0.05, 0) is 19.8 Å². The zero-order chi connectivity index (χ0) is 20.4. The molecule has 0 aromatic carbocycles. The molecule has 1 aliphatic carbocycles. The predicted molar refractivity (Wildman–Crippen MR) is 96.8 cm³/mol. The van der Waals surface area contributed by atoms with Crippen LogP contribution >= 0.6 is 0 Å². The van der Waals surface area contributed by atoms with Gasteiger partial charge in [0.2, 0.25) is 0 Å². The van der Waals surface area contributed by atoms with Gasteiger partial charge in [0.25, 0.3) is 5.91 Å². The molecule has 0 radical (unpaired) electrons. The van der Waals surface area contributed by atoms with Crippen LogP contribution in [0, 0.1) is 12.8 Å². The van der Waals surface area contributed by atoms with Gasteiger partial charge in [-0.15, -0.1) is 0 Å². The largest absolute Gasteiger partial charge is 0.392 e. The molecule has 0 bridgehead atoms. The smallest absolute Gasteiger partial charge is 0.370 e. The van der Waals surface area contributed by atoms with E-state index in [0.29, 0.717) is 26.1 Å². The second-order valence-electron chi connectivity index (χ2n) is 7.91. The van der Waals surface area contributed by atoms with Gasteiger partial charge in [0.1, 0.15) is 11.3 Å². The first-order chi connectivity index (χ1) is 13.2. The van der Waals surface area contributed by atoms with Gasteiger partial charge in [-0.2, -0.15) is 13.2 Å². The Balaban J connectivity index is 1.70. The second kappa shape index (κ2) is 8.32. The van der Waals surface area contributed by atoms with Crippen LogP contribution in [0.2, 0.25) is 0 Å². The monoisotopic (exact) mass is 400 g/mol. The Bertz CT molecular complexity index is 679. The van der Waals surface area contributed by atoms with E-state index < -0.39 is 17.7 Å². The summed E-state index contributed by atoms with van der Waals surface area (Å²) in [5.41, 5.74) is 0.288. The van der Waals surface area contributed by atoms with Gasteiger partial charge in [-0.25, -0.2) is 4.98 Å². The molecule has 6 nitrogen and oxygen atoms in total. The van der Waals surface area contributed by atoms with Crippen LogP contribution < -0.4 is 5.32 Å². The molecule has 1 N–H and O–H groups in total. The van der Waals surface area contributed by atoms with Gasteiger partial charge in [-0.1, -0.05) is 19.8 Å². The zero-order valence-electron chi connectivity index (χ0n) is 16.3. The average Bonchev–Trinajstić information content (AvgIpc) is 2.64. The highest BCUT2D eigenvalue weighted by Crippen LogP contribution is 2.36. The first-order valence-electron chi connectivity index (χ1n) is 9.72. The number of halogens is 3. The molecule has 1 aromatic heterocycles. The number of rotatable bonds is 4. The van der Waals surface area contributed by atoms with Gasteiger partial charge in [0, 0.05) is 25.8 Å². The number of amides is 1. The molecule has 3 rings (SSSR count). The molecule has 0 unspecified atom stereocenters. The molecule has 1 saturated heterocycles. The number of ether oxygens (including phenoxy) is 1. The highest BCUT2D eigenvalue weighted by molar-refractivity contribution is 5.92. The highest BCUT2D eigenvalue weighted by atomic mass is 19.4. The molecule has 1 aromatic rings. The minimum Gasteiger partial charge on any atom is -0.370 e. The van der Waals surface area contributed by atoms with E-state index in [-0.39, 0.29) is 24.2 Å². The maximum absolute atomic E-state index is 13.0. The Kier molecular flexibility index (Phi) is 6.24. The highest BCUT2D eigenvalue weighted by Gasteiger charge is 2.47. The summed E-state index contributed by atoms with van der Waals surface area (Å²) in [5.74, 6) is -1.73. The number of aryl methyl sites for hydroxylation is 1. The zero-order valence-corrected chi connectivity index (χ0v) is 16.3. The predicted octanol–water partition coefficient (Wildman–Crippen LogP) is 2.73. The van der Waals surface area contributed by atoms with E-state index in [4.69, 9.17) is 4.74 Å². The maximum atomic E-state index is 13.0. The molecule has 1 spiro atoms. The summed E-state index contributed by atoms with van der Waals surface area (Å²) in [5, 5.41) is 3.00. The lowest BCUT2D eigenvalue weighted by molar-refractivity contribution is -0.187. The summed E-state index contributed by atoms with van der Waals surface area (Å²) in [6, 6.07) is -0.263. The van der Waals surface area contributed by atoms with Crippen molar-refractivity contribution in [2.45, 2.75) is 57.3 Å². The van der Waals surface area contributed by atoms with Gasteiger partial charge in [-0.3, -0.25) is 14.7 Å². The third-order valence-electron chi connectivity index (χ3n) is 5.68. The summed E-state index contributed by atoms with van der Waals surface area (Å²) in [6.07, 6.45) is 2.06. The summed E-state index contributed by atoms with van der Waals surface area (Å²) >= 11 is 0. The lowest BCUT2D eigenvalue weighted by Gasteiger charge is -2.50. The van der Waals surface area contributed by atoms with Crippen molar-refractivity contribution in [3.63, 3.8) is 0 Å². The standard InChI is InChI=1S/C19H27F3N4O2/c1-13(19(20,21)22)11-26-7-8-28-18(12-26)6-4-3-5-16(18)25-17(27)15-10-23-14(2)9-24-15/h9-10,13,16H,3-8,11-12H2,1-2H3,(H,25,27)/t13-,16-,18+/m0/s1. The van der Waals surface area contributed by atoms with Gasteiger partial charge < -0.3 is 10.1 Å². The van der Waals surface area contributed by atoms with Gasteiger partial charge in [0.05, 0.1) is 30.5 Å². The fraction of sp³-hybridized carbons (Fsp3) is 0.737. The molecule has 28 heavy (non-hydrogen) atoms. The average molecular weight is 400 g/mol. The number of carbonyl (C=O) groups is 1. The van der Waals surface area contributed by atoms with Crippen molar-refractivity contribution < 1.29 is 22.7 Å². The molecule has 156 valence electrons. The van der Waals surface area contributed by atoms with E-state index in [1.807, 2.05) is 4.90 Å². The number of hydrogen-bond donors (Lipinski definition) is 1. The van der Waals surface area contributed by atoms with E-state index in [9.17, 15) is 18.0 Å². The Morgan fingerprint density at radius 2 is 2.18 bits per heavy atom. The first-order valence-corrected chi connectivity index (χ1v) is 9.72. The third-order valence-corrected chi connectivity index (χ3v) is 5.68. The van der Waals surface area contributed by atoms with E-state index in [1.165, 1.54) is 19.3 Å². The SMILES string of the molecule is Cc1cnc(C(=O)N[C@H]2CCCC[C@@]23CN(C[C@H](C)C(F)(F)F)CCO3)cn1. The van der Waals surface area contributed by atoms with Crippen LogP contribution in [-0.4, -0.2) is 64.8 Å². The van der Waals surface area contributed by atoms with Crippen LogP contribution in [0.5, 0.6) is 0 Å². The van der Waals surface area contributed by atoms with Crippen LogP contribution in [0.25, 0.3) is 0 Å². The molecular weight excluding hydrogens is 373 g/mol. The third kappa shape index (κ3) is 4.81. The Morgan fingerprint density at radius 1 is 1.39 bits per heavy atom. The van der Waals surface area contributed by atoms with E-state index in [1.54, 1.807) is 6.92 Å². The van der Waals surface area contributed by atoms with Crippen LogP contribution in [-0.2, 0) is 4.74 Å². The maximum Gasteiger partial charge on any atom is 0.392 e. The molecule has 1 saturated carbocycles. The van der Waals surface area contributed by atoms with Gasteiger partial charge >= 0.3 is 6.18 Å². The fourth-order valence-electron chi connectivity index (χ4n) is 4.05. The summed E-state index contributed by atoms with van der Waals surface area (Å²) in [7, 11) is 0. The number of morpholine rings is 1. The molecule has 1 aliphatic heterocycles. The fourth-order valence-corrected chi connectivity index (χ4v) is 4.05. The van der Waals surface area contributed by atoms with Crippen LogP contribution in [0.15, 0.2) is 12.4 Å². The molecular formula is C19H27F3N4O2. The molecule has 1 amide bonds. The number of nitrogens with zero attached hydrogens (tertiary/aromatic N) is 3. The quantitative estimate of drug-likeness (QED) is 0.842. The van der Waals surface area contributed by atoms with E-state index >= 15 is 0 Å². The van der Waals surface area contributed by atoms with Crippen molar-refractivity contribution in [3.05, 3.63) is 23.8 Å². The number of hydrogen-bond acceptors (Lipinski definition) is 5. The van der Waals surface area contributed by atoms with Crippen LogP contribution in [0.4, 0.5) is 13.2 Å². The molecule has 2 fully saturated rings. The lowest BCUT2D eigenvalue weighted by atomic mass is 9.78. The Hall–Kier alpha value is -1.74. The molecule has 2 heterocycles. The summed E-state index contributed by atoms with van der Waals surface area (Å²) in [6.45, 7) is 4.15. The van der Waals surface area contributed by atoms with Crippen molar-refractivity contribution in [1.82, 2.24) is 20.2 Å². The number of alkyl halides is 3. The lowest BCUT2D eigenvalue weighted by Crippen LogP contribution is -2.64. The minimum atomic E-state index is -4.21. The van der Waals surface area contributed by atoms with Crippen molar-refractivity contribution in [3.8, 4) is 0 Å². The van der Waals surface area contributed by atoms with Gasteiger partial charge in [0.15, 0.2) is 0 Å². The van der Waals surface area contributed by atoms with Crippen LogP contribution in [0.1, 0.15) is 48.8 Å². The molecule has 9 heteroatoms. The Morgan fingerprint density at radius 3 is 2.86 bits per heavy atom. The molecule has 3 atom stereocenters. The van der Waals surface area contributed by atoms with E-state index in [2.05, 4.69) is 15.3 Å². The van der Waals surface area contributed by atoms with Crippen molar-refractivity contribution >= 4 is 5.91 Å².